The van der Waals surface area contributed by atoms with Gasteiger partial charge in [-0.15, -0.1) is 0 Å². The van der Waals surface area contributed by atoms with E-state index in [0.29, 0.717) is 0 Å². The zero-order valence-electron chi connectivity index (χ0n) is 8.68. The largest absolute Gasteiger partial charge is 0.497 e. The first-order chi connectivity index (χ1) is 7.51. The Hall–Kier alpha value is -2.31. The number of benzene rings is 1. The van der Waals surface area contributed by atoms with Crippen molar-refractivity contribution < 1.29 is 19.6 Å². The second kappa shape index (κ2) is 4.47. The maximum absolute atomic E-state index is 10.9. The van der Waals surface area contributed by atoms with E-state index in [9.17, 15) is 14.9 Å². The van der Waals surface area contributed by atoms with Crippen LogP contribution in [-0.4, -0.2) is 30.2 Å². The van der Waals surface area contributed by atoms with E-state index in [2.05, 4.69) is 5.32 Å². The van der Waals surface area contributed by atoms with Gasteiger partial charge in [0.1, 0.15) is 17.0 Å². The Balaban J connectivity index is 3.53. The third-order valence-corrected chi connectivity index (χ3v) is 2.00. The van der Waals surface area contributed by atoms with Crippen LogP contribution in [0.25, 0.3) is 0 Å². The van der Waals surface area contributed by atoms with Crippen molar-refractivity contribution in [3.8, 4) is 5.75 Å². The summed E-state index contributed by atoms with van der Waals surface area (Å²) >= 11 is 0. The SMILES string of the molecule is CNc1cc(OC)cc(C(=O)O)c1[N+](=O)[O-]. The van der Waals surface area contributed by atoms with E-state index < -0.39 is 22.1 Å². The third kappa shape index (κ3) is 2.02. The van der Waals surface area contributed by atoms with Gasteiger partial charge in [0.05, 0.1) is 12.0 Å². The van der Waals surface area contributed by atoms with Crippen molar-refractivity contribution in [1.82, 2.24) is 0 Å². The van der Waals surface area contributed by atoms with E-state index >= 15 is 0 Å². The van der Waals surface area contributed by atoms with Crippen LogP contribution in [0, 0.1) is 10.1 Å². The van der Waals surface area contributed by atoms with Gasteiger partial charge in [-0.3, -0.25) is 10.1 Å². The minimum Gasteiger partial charge on any atom is -0.497 e. The highest BCUT2D eigenvalue weighted by Gasteiger charge is 2.25. The van der Waals surface area contributed by atoms with Crippen LogP contribution in [0.3, 0.4) is 0 Å². The molecular formula is C9H10N2O5. The van der Waals surface area contributed by atoms with Crippen molar-refractivity contribution in [2.75, 3.05) is 19.5 Å². The zero-order chi connectivity index (χ0) is 12.3. The lowest BCUT2D eigenvalue weighted by molar-refractivity contribution is -0.384. The Labute approximate surface area is 90.8 Å². The zero-order valence-corrected chi connectivity index (χ0v) is 8.68. The van der Waals surface area contributed by atoms with Crippen LogP contribution in [0.2, 0.25) is 0 Å². The smallest absolute Gasteiger partial charge is 0.342 e. The first-order valence-electron chi connectivity index (χ1n) is 4.28. The molecule has 0 amide bonds. The number of nitrogens with zero attached hydrogens (tertiary/aromatic N) is 1. The van der Waals surface area contributed by atoms with Crippen molar-refractivity contribution in [3.05, 3.63) is 27.8 Å². The molecule has 0 spiro atoms. The van der Waals surface area contributed by atoms with Crippen molar-refractivity contribution >= 4 is 17.3 Å². The molecule has 1 rings (SSSR count). The minimum absolute atomic E-state index is 0.0988. The van der Waals surface area contributed by atoms with E-state index in [4.69, 9.17) is 9.84 Å². The van der Waals surface area contributed by atoms with Gasteiger partial charge in [-0.2, -0.15) is 0 Å². The summed E-state index contributed by atoms with van der Waals surface area (Å²) in [6, 6.07) is 2.48. The lowest BCUT2D eigenvalue weighted by Crippen LogP contribution is -2.06. The number of nitro groups is 1. The van der Waals surface area contributed by atoms with Crippen LogP contribution in [0.5, 0.6) is 5.75 Å². The topological polar surface area (TPSA) is 102 Å². The van der Waals surface area contributed by atoms with Gasteiger partial charge < -0.3 is 15.2 Å². The van der Waals surface area contributed by atoms with Crippen LogP contribution in [-0.2, 0) is 0 Å². The molecule has 7 heteroatoms. The number of ether oxygens (including phenoxy) is 1. The Morgan fingerprint density at radius 1 is 1.56 bits per heavy atom. The summed E-state index contributed by atoms with van der Waals surface area (Å²) in [4.78, 5) is 20.9. The van der Waals surface area contributed by atoms with Crippen molar-refractivity contribution in [1.29, 1.82) is 0 Å². The number of hydrogen-bond acceptors (Lipinski definition) is 5. The number of methoxy groups -OCH3 is 1. The molecule has 7 nitrogen and oxygen atoms in total. The van der Waals surface area contributed by atoms with Gasteiger partial charge in [-0.25, -0.2) is 4.79 Å². The summed E-state index contributed by atoms with van der Waals surface area (Å²) in [5.41, 5.74) is -0.786. The van der Waals surface area contributed by atoms with Crippen molar-refractivity contribution in [2.45, 2.75) is 0 Å². The molecule has 1 aromatic carbocycles. The minimum atomic E-state index is -1.37. The van der Waals surface area contributed by atoms with Crippen LogP contribution in [0.1, 0.15) is 10.4 Å². The van der Waals surface area contributed by atoms with Gasteiger partial charge in [0.25, 0.3) is 0 Å². The third-order valence-electron chi connectivity index (χ3n) is 2.00. The molecule has 0 aliphatic heterocycles. The first-order valence-corrected chi connectivity index (χ1v) is 4.28. The van der Waals surface area contributed by atoms with E-state index in [-0.39, 0.29) is 11.4 Å². The number of aromatic carboxylic acids is 1. The fourth-order valence-corrected chi connectivity index (χ4v) is 1.28. The normalized spacial score (nSPS) is 9.62. The molecule has 0 aromatic heterocycles. The standard InChI is InChI=1S/C9H10N2O5/c1-10-7-4-5(16-2)3-6(9(12)13)8(7)11(14)15/h3-4,10H,1-2H3,(H,12,13). The highest BCUT2D eigenvalue weighted by Crippen LogP contribution is 2.33. The number of carboxylic acids is 1. The van der Waals surface area contributed by atoms with Crippen LogP contribution in [0.15, 0.2) is 12.1 Å². The fourth-order valence-electron chi connectivity index (χ4n) is 1.28. The van der Waals surface area contributed by atoms with Gasteiger partial charge in [-0.05, 0) is 0 Å². The molecule has 0 fully saturated rings. The molecule has 0 radical (unpaired) electrons. The highest BCUT2D eigenvalue weighted by atomic mass is 16.6. The van der Waals surface area contributed by atoms with Crippen LogP contribution < -0.4 is 10.1 Å². The monoisotopic (exact) mass is 226 g/mol. The van der Waals surface area contributed by atoms with Crippen molar-refractivity contribution in [2.24, 2.45) is 0 Å². The van der Waals surface area contributed by atoms with E-state index in [1.165, 1.54) is 20.2 Å². The molecule has 0 aliphatic carbocycles. The van der Waals surface area contributed by atoms with E-state index in [1.807, 2.05) is 0 Å². The number of rotatable bonds is 4. The number of anilines is 1. The lowest BCUT2D eigenvalue weighted by Gasteiger charge is -2.07. The number of hydrogen-bond donors (Lipinski definition) is 2. The average molecular weight is 226 g/mol. The Morgan fingerprint density at radius 3 is 2.56 bits per heavy atom. The average Bonchev–Trinajstić information content (AvgIpc) is 2.26. The number of carboxylic acid groups (broad SMARTS) is 1. The summed E-state index contributed by atoms with van der Waals surface area (Å²) in [6.45, 7) is 0. The fraction of sp³-hybridized carbons (Fsp3) is 0.222. The maximum Gasteiger partial charge on any atom is 0.342 e. The first kappa shape index (κ1) is 11.8. The molecule has 0 atom stereocenters. The molecule has 0 aliphatic rings. The summed E-state index contributed by atoms with van der Waals surface area (Å²) in [5.74, 6) is -1.13. The van der Waals surface area contributed by atoms with Gasteiger partial charge >= 0.3 is 11.7 Å². The quantitative estimate of drug-likeness (QED) is 0.593. The van der Waals surface area contributed by atoms with Crippen LogP contribution >= 0.6 is 0 Å². The molecule has 0 heterocycles. The highest BCUT2D eigenvalue weighted by molar-refractivity contribution is 5.96. The van der Waals surface area contributed by atoms with Gasteiger partial charge in [0.15, 0.2) is 0 Å². The molecule has 0 saturated heterocycles. The van der Waals surface area contributed by atoms with E-state index in [1.54, 1.807) is 0 Å². The number of carbonyl (C=O) groups is 1. The predicted octanol–water partition coefficient (Wildman–Crippen LogP) is 1.34. The van der Waals surface area contributed by atoms with Gasteiger partial charge in [0.2, 0.25) is 0 Å². The molecule has 2 N–H and O–H groups in total. The molecule has 0 unspecified atom stereocenters. The van der Waals surface area contributed by atoms with Crippen LogP contribution in [0.4, 0.5) is 11.4 Å². The second-order valence-corrected chi connectivity index (χ2v) is 2.88. The predicted molar refractivity (Wildman–Crippen MR) is 56.2 cm³/mol. The number of nitro benzene ring substituents is 1. The second-order valence-electron chi connectivity index (χ2n) is 2.88. The summed E-state index contributed by atoms with van der Waals surface area (Å²) < 4.78 is 4.86. The summed E-state index contributed by atoms with van der Waals surface area (Å²) in [6.07, 6.45) is 0. The molecule has 1 aromatic rings. The Kier molecular flexibility index (Phi) is 3.29. The Morgan fingerprint density at radius 2 is 2.19 bits per heavy atom. The molecule has 16 heavy (non-hydrogen) atoms. The maximum atomic E-state index is 10.9. The molecule has 86 valence electrons. The number of nitrogens with one attached hydrogen (secondary N) is 1. The van der Waals surface area contributed by atoms with Crippen molar-refractivity contribution in [3.63, 3.8) is 0 Å². The lowest BCUT2D eigenvalue weighted by atomic mass is 10.1. The molecular weight excluding hydrogens is 216 g/mol. The van der Waals surface area contributed by atoms with Gasteiger partial charge in [0, 0.05) is 19.2 Å². The summed E-state index contributed by atoms with van der Waals surface area (Å²) in [5, 5.41) is 22.2. The summed E-state index contributed by atoms with van der Waals surface area (Å²) in [7, 11) is 2.82. The van der Waals surface area contributed by atoms with Gasteiger partial charge in [-0.1, -0.05) is 0 Å². The van der Waals surface area contributed by atoms with E-state index in [0.717, 1.165) is 6.07 Å². The molecule has 0 saturated carbocycles. The molecule has 0 bridgehead atoms. The Bertz CT molecular complexity index is 444.